The second-order valence-electron chi connectivity index (χ2n) is 6.78. The maximum Gasteiger partial charge on any atom is 0.258 e. The molecule has 120 valence electrons. The Morgan fingerprint density at radius 3 is 2.74 bits per heavy atom. The molecule has 1 amide bonds. The summed E-state index contributed by atoms with van der Waals surface area (Å²) >= 11 is 0. The third-order valence-corrected chi connectivity index (χ3v) is 4.72. The van der Waals surface area contributed by atoms with E-state index in [4.69, 9.17) is 0 Å². The van der Waals surface area contributed by atoms with Crippen molar-refractivity contribution in [3.63, 3.8) is 0 Å². The average molecular weight is 310 g/mol. The molecular formula is C18H22N4O. The number of benzene rings is 1. The van der Waals surface area contributed by atoms with Gasteiger partial charge in [-0.25, -0.2) is 0 Å². The summed E-state index contributed by atoms with van der Waals surface area (Å²) < 4.78 is 1.62. The summed E-state index contributed by atoms with van der Waals surface area (Å²) in [5.74, 6) is 1.44. The van der Waals surface area contributed by atoms with Gasteiger partial charge >= 0.3 is 0 Å². The molecule has 0 spiro atoms. The highest BCUT2D eigenvalue weighted by Crippen LogP contribution is 2.41. The molecule has 2 aliphatic carbocycles. The van der Waals surface area contributed by atoms with Crippen molar-refractivity contribution >= 4 is 11.6 Å². The molecule has 2 aliphatic rings. The minimum absolute atomic E-state index is 0.124. The van der Waals surface area contributed by atoms with Crippen LogP contribution in [0.2, 0.25) is 0 Å². The van der Waals surface area contributed by atoms with E-state index >= 15 is 0 Å². The van der Waals surface area contributed by atoms with Gasteiger partial charge in [-0.1, -0.05) is 12.1 Å². The smallest absolute Gasteiger partial charge is 0.258 e. The molecule has 0 bridgehead atoms. The zero-order valence-electron chi connectivity index (χ0n) is 13.3. The van der Waals surface area contributed by atoms with E-state index in [-0.39, 0.29) is 5.91 Å². The second kappa shape index (κ2) is 5.81. The van der Waals surface area contributed by atoms with Crippen molar-refractivity contribution in [2.24, 2.45) is 13.0 Å². The number of carbonyl (C=O) groups is 1. The molecule has 0 saturated heterocycles. The number of aryl methyl sites for hydroxylation is 1. The zero-order valence-corrected chi connectivity index (χ0v) is 13.3. The number of hydrogen-bond acceptors (Lipinski definition) is 3. The summed E-state index contributed by atoms with van der Waals surface area (Å²) in [6.45, 7) is 1.18. The lowest BCUT2D eigenvalue weighted by Crippen LogP contribution is -2.20. The summed E-state index contributed by atoms with van der Waals surface area (Å²) in [5, 5.41) is 10.6. The van der Waals surface area contributed by atoms with Crippen LogP contribution in [0.5, 0.6) is 0 Å². The van der Waals surface area contributed by atoms with E-state index in [1.54, 1.807) is 24.1 Å². The van der Waals surface area contributed by atoms with Crippen LogP contribution in [0.1, 0.15) is 41.1 Å². The van der Waals surface area contributed by atoms with Gasteiger partial charge in [0, 0.05) is 30.9 Å². The van der Waals surface area contributed by atoms with Crippen LogP contribution in [0.4, 0.5) is 5.69 Å². The monoisotopic (exact) mass is 310 g/mol. The van der Waals surface area contributed by atoms with Crippen molar-refractivity contribution in [3.8, 4) is 0 Å². The molecule has 0 radical (unpaired) electrons. The maximum atomic E-state index is 12.1. The molecular weight excluding hydrogens is 288 g/mol. The topological polar surface area (TPSA) is 59.0 Å². The number of amides is 1. The molecule has 23 heavy (non-hydrogen) atoms. The summed E-state index contributed by atoms with van der Waals surface area (Å²) in [5.41, 5.74) is 2.76. The molecule has 2 unspecified atom stereocenters. The van der Waals surface area contributed by atoms with E-state index in [1.807, 2.05) is 12.1 Å². The number of carbonyl (C=O) groups excluding carboxylic acids is 1. The fourth-order valence-corrected chi connectivity index (χ4v) is 2.98. The summed E-state index contributed by atoms with van der Waals surface area (Å²) in [6.07, 6.45) is 7.31. The fraction of sp³-hybridized carbons (Fsp3) is 0.444. The first-order valence-electron chi connectivity index (χ1n) is 8.32. The second-order valence-corrected chi connectivity index (χ2v) is 6.78. The van der Waals surface area contributed by atoms with Crippen LogP contribution in [0.3, 0.4) is 0 Å². The van der Waals surface area contributed by atoms with Crippen LogP contribution in [0, 0.1) is 5.92 Å². The number of nitrogens with one attached hydrogen (secondary N) is 2. The third-order valence-electron chi connectivity index (χ3n) is 4.72. The molecule has 5 heteroatoms. The van der Waals surface area contributed by atoms with Gasteiger partial charge in [-0.3, -0.25) is 9.48 Å². The number of anilines is 1. The molecule has 2 saturated carbocycles. The van der Waals surface area contributed by atoms with Crippen molar-refractivity contribution in [1.29, 1.82) is 0 Å². The van der Waals surface area contributed by atoms with Crippen molar-refractivity contribution in [2.75, 3.05) is 11.9 Å². The van der Waals surface area contributed by atoms with E-state index in [1.165, 1.54) is 31.4 Å². The largest absolute Gasteiger partial charge is 0.322 e. The lowest BCUT2D eigenvalue weighted by molar-refractivity contribution is 0.102. The Morgan fingerprint density at radius 1 is 1.30 bits per heavy atom. The van der Waals surface area contributed by atoms with Gasteiger partial charge in [-0.15, -0.1) is 0 Å². The number of aromatic nitrogens is 2. The van der Waals surface area contributed by atoms with E-state index in [0.29, 0.717) is 17.5 Å². The lowest BCUT2D eigenvalue weighted by atomic mass is 10.1. The Kier molecular flexibility index (Phi) is 3.65. The van der Waals surface area contributed by atoms with Crippen LogP contribution in [-0.4, -0.2) is 28.3 Å². The molecule has 2 aromatic rings. The minimum Gasteiger partial charge on any atom is -0.322 e. The molecule has 5 nitrogen and oxygen atoms in total. The Labute approximate surface area is 136 Å². The average Bonchev–Trinajstić information content (AvgIpc) is 3.45. The van der Waals surface area contributed by atoms with Gasteiger partial charge in [-0.05, 0) is 49.4 Å². The highest BCUT2D eigenvalue weighted by Gasteiger charge is 2.38. The van der Waals surface area contributed by atoms with Gasteiger partial charge in [-0.2, -0.15) is 5.10 Å². The third kappa shape index (κ3) is 3.45. The first-order valence-corrected chi connectivity index (χ1v) is 8.32. The minimum atomic E-state index is -0.124. The highest BCUT2D eigenvalue weighted by molar-refractivity contribution is 6.03. The van der Waals surface area contributed by atoms with E-state index in [2.05, 4.69) is 27.9 Å². The lowest BCUT2D eigenvalue weighted by Gasteiger charge is -2.06. The fourth-order valence-electron chi connectivity index (χ4n) is 2.98. The first-order chi connectivity index (χ1) is 11.2. The van der Waals surface area contributed by atoms with Gasteiger partial charge < -0.3 is 10.6 Å². The summed E-state index contributed by atoms with van der Waals surface area (Å²) in [7, 11) is 1.80. The Morgan fingerprint density at radius 2 is 2.09 bits per heavy atom. The molecule has 1 aromatic carbocycles. The first kappa shape index (κ1) is 14.5. The Balaban J connectivity index is 1.32. The summed E-state index contributed by atoms with van der Waals surface area (Å²) in [6, 6.07) is 8.87. The van der Waals surface area contributed by atoms with Crippen LogP contribution in [-0.2, 0) is 7.05 Å². The van der Waals surface area contributed by atoms with Gasteiger partial charge in [0.2, 0.25) is 0 Å². The summed E-state index contributed by atoms with van der Waals surface area (Å²) in [4.78, 5) is 12.1. The quantitative estimate of drug-likeness (QED) is 0.862. The number of rotatable bonds is 6. The molecule has 4 rings (SSSR count). The van der Waals surface area contributed by atoms with Gasteiger partial charge in [0.25, 0.3) is 5.91 Å². The van der Waals surface area contributed by atoms with Crippen molar-refractivity contribution < 1.29 is 4.79 Å². The molecule has 2 fully saturated rings. The zero-order chi connectivity index (χ0) is 15.8. The van der Waals surface area contributed by atoms with Gasteiger partial charge in [0.1, 0.15) is 0 Å². The van der Waals surface area contributed by atoms with E-state index in [9.17, 15) is 4.79 Å². The molecule has 2 atom stereocenters. The van der Waals surface area contributed by atoms with Crippen LogP contribution < -0.4 is 10.6 Å². The Hall–Kier alpha value is -2.14. The van der Waals surface area contributed by atoms with Crippen molar-refractivity contribution in [2.45, 2.75) is 31.2 Å². The van der Waals surface area contributed by atoms with E-state index < -0.39 is 0 Å². The molecule has 1 aromatic heterocycles. The predicted octanol–water partition coefficient (Wildman–Crippen LogP) is 2.53. The molecule has 0 aliphatic heterocycles. The molecule has 1 heterocycles. The predicted molar refractivity (Wildman–Crippen MR) is 89.5 cm³/mol. The number of hydrogen-bond donors (Lipinski definition) is 2. The Bertz CT molecular complexity index is 702. The van der Waals surface area contributed by atoms with E-state index in [0.717, 1.165) is 11.6 Å². The van der Waals surface area contributed by atoms with Crippen LogP contribution in [0.25, 0.3) is 0 Å². The maximum absolute atomic E-state index is 12.1. The van der Waals surface area contributed by atoms with Crippen LogP contribution in [0.15, 0.2) is 36.7 Å². The van der Waals surface area contributed by atoms with Crippen molar-refractivity contribution in [1.82, 2.24) is 15.1 Å². The number of nitrogens with zero attached hydrogens (tertiary/aromatic N) is 2. The standard InChI is InChI=1S/C18H22N4O/c1-22-11-14(10-20-22)18(23)21-15-6-4-13(5-7-15)16-8-17(16)19-9-12-2-3-12/h4-7,10-12,16-17,19H,2-3,8-9H2,1H3,(H,21,23). The highest BCUT2D eigenvalue weighted by atomic mass is 16.1. The van der Waals surface area contributed by atoms with Crippen molar-refractivity contribution in [3.05, 3.63) is 47.8 Å². The van der Waals surface area contributed by atoms with Crippen LogP contribution >= 0.6 is 0 Å². The normalized spacial score (nSPS) is 22.8. The van der Waals surface area contributed by atoms with Gasteiger partial charge in [0.15, 0.2) is 0 Å². The van der Waals surface area contributed by atoms with Gasteiger partial charge in [0.05, 0.1) is 11.8 Å². The molecule has 2 N–H and O–H groups in total. The SMILES string of the molecule is Cn1cc(C(=O)Nc2ccc(C3CC3NCC3CC3)cc2)cn1.